The smallest absolute Gasteiger partial charge is 0.336 e. The summed E-state index contributed by atoms with van der Waals surface area (Å²) in [6, 6.07) is 9.82. The second-order valence-electron chi connectivity index (χ2n) is 4.70. The Morgan fingerprint density at radius 2 is 1.81 bits per heavy atom. The first kappa shape index (κ1) is 15.1. The molecule has 0 aliphatic heterocycles. The summed E-state index contributed by atoms with van der Waals surface area (Å²) in [5, 5.41) is 12.3. The van der Waals surface area contributed by atoms with Crippen molar-refractivity contribution in [3.05, 3.63) is 63.7 Å². The Bertz CT molecular complexity index is 725. The van der Waals surface area contributed by atoms with Gasteiger partial charge in [-0.05, 0) is 49.2 Å². The molecule has 1 amide bonds. The van der Waals surface area contributed by atoms with E-state index < -0.39 is 5.97 Å². The molecule has 2 rings (SSSR count). The van der Waals surface area contributed by atoms with Gasteiger partial charge in [-0.2, -0.15) is 0 Å². The molecule has 0 aliphatic carbocycles. The second kappa shape index (κ2) is 5.97. The highest BCUT2D eigenvalue weighted by Gasteiger charge is 2.14. The van der Waals surface area contributed by atoms with Crippen molar-refractivity contribution in [2.45, 2.75) is 13.8 Å². The van der Waals surface area contributed by atoms with E-state index in [4.69, 9.17) is 16.7 Å². The lowest BCUT2D eigenvalue weighted by atomic mass is 10.1. The fraction of sp³-hybridized carbons (Fsp3) is 0.125. The number of anilines is 1. The maximum Gasteiger partial charge on any atom is 0.336 e. The summed E-state index contributed by atoms with van der Waals surface area (Å²) in [4.78, 5) is 23.4. The van der Waals surface area contributed by atoms with Gasteiger partial charge in [0.2, 0.25) is 0 Å². The molecule has 0 heterocycles. The molecule has 4 nitrogen and oxygen atoms in total. The molecule has 5 heteroatoms. The summed E-state index contributed by atoms with van der Waals surface area (Å²) in [5.41, 5.74) is 2.40. The van der Waals surface area contributed by atoms with Crippen LogP contribution < -0.4 is 5.32 Å². The van der Waals surface area contributed by atoms with Crippen molar-refractivity contribution in [3.8, 4) is 0 Å². The molecular weight excluding hydrogens is 290 g/mol. The van der Waals surface area contributed by atoms with Gasteiger partial charge >= 0.3 is 5.97 Å². The van der Waals surface area contributed by atoms with Crippen molar-refractivity contribution in [2.75, 3.05) is 5.32 Å². The van der Waals surface area contributed by atoms with Crippen molar-refractivity contribution >= 4 is 29.2 Å². The van der Waals surface area contributed by atoms with Gasteiger partial charge in [0.05, 0.1) is 5.56 Å². The molecule has 2 N–H and O–H groups in total. The molecule has 0 radical (unpaired) electrons. The van der Waals surface area contributed by atoms with Crippen LogP contribution in [0.15, 0.2) is 36.4 Å². The first-order chi connectivity index (χ1) is 9.90. The molecule has 0 atom stereocenters. The third-order valence-corrected chi connectivity index (χ3v) is 3.49. The summed E-state index contributed by atoms with van der Waals surface area (Å²) >= 11 is 5.90. The maximum absolute atomic E-state index is 12.3. The number of benzene rings is 2. The summed E-state index contributed by atoms with van der Waals surface area (Å²) in [6.07, 6.45) is 0. The molecule has 0 bridgehead atoms. The van der Waals surface area contributed by atoms with Gasteiger partial charge in [-0.1, -0.05) is 23.7 Å². The van der Waals surface area contributed by atoms with Crippen LogP contribution in [0.2, 0.25) is 5.02 Å². The third-order valence-electron chi connectivity index (χ3n) is 3.26. The lowest BCUT2D eigenvalue weighted by Gasteiger charge is -2.12. The Balaban J connectivity index is 2.34. The summed E-state index contributed by atoms with van der Waals surface area (Å²) in [7, 11) is 0. The van der Waals surface area contributed by atoms with E-state index >= 15 is 0 Å². The van der Waals surface area contributed by atoms with Gasteiger partial charge in [0.1, 0.15) is 0 Å². The number of amides is 1. The third kappa shape index (κ3) is 3.23. The molecule has 21 heavy (non-hydrogen) atoms. The number of nitrogens with one attached hydrogen (secondary N) is 1. The van der Waals surface area contributed by atoms with E-state index in [1.165, 1.54) is 6.07 Å². The monoisotopic (exact) mass is 303 g/mol. The quantitative estimate of drug-likeness (QED) is 0.903. The summed E-state index contributed by atoms with van der Waals surface area (Å²) < 4.78 is 0. The minimum absolute atomic E-state index is 0.163. The van der Waals surface area contributed by atoms with E-state index in [9.17, 15) is 9.59 Å². The number of carbonyl (C=O) groups is 2. The summed E-state index contributed by atoms with van der Waals surface area (Å²) in [5.74, 6) is -1.34. The number of hydrogen-bond acceptors (Lipinski definition) is 2. The van der Waals surface area contributed by atoms with Gasteiger partial charge in [-0.15, -0.1) is 0 Å². The van der Waals surface area contributed by atoms with Gasteiger partial charge in [0, 0.05) is 16.3 Å². The normalized spacial score (nSPS) is 10.2. The van der Waals surface area contributed by atoms with Crippen molar-refractivity contribution in [3.63, 3.8) is 0 Å². The fourth-order valence-electron chi connectivity index (χ4n) is 2.03. The van der Waals surface area contributed by atoms with E-state index in [2.05, 4.69) is 5.32 Å². The van der Waals surface area contributed by atoms with E-state index in [0.717, 1.165) is 5.56 Å². The average molecular weight is 304 g/mol. The lowest BCUT2D eigenvalue weighted by Crippen LogP contribution is -2.15. The number of rotatable bonds is 3. The predicted molar refractivity (Wildman–Crippen MR) is 82.3 cm³/mol. The average Bonchev–Trinajstić information content (AvgIpc) is 2.43. The first-order valence-corrected chi connectivity index (χ1v) is 6.68. The Morgan fingerprint density at radius 1 is 1.10 bits per heavy atom. The molecule has 0 spiro atoms. The van der Waals surface area contributed by atoms with Gasteiger partial charge in [-0.25, -0.2) is 4.79 Å². The number of halogens is 1. The lowest BCUT2D eigenvalue weighted by molar-refractivity contribution is 0.0695. The molecule has 0 aliphatic rings. The Labute approximate surface area is 127 Å². The van der Waals surface area contributed by atoms with Crippen LogP contribution in [0.25, 0.3) is 0 Å². The molecule has 0 saturated carbocycles. The molecule has 0 unspecified atom stereocenters. The van der Waals surface area contributed by atoms with Crippen LogP contribution in [0.3, 0.4) is 0 Å². The van der Waals surface area contributed by atoms with Crippen LogP contribution in [0, 0.1) is 13.8 Å². The van der Waals surface area contributed by atoms with Crippen molar-refractivity contribution < 1.29 is 14.7 Å². The zero-order chi connectivity index (χ0) is 15.6. The molecule has 0 fully saturated rings. The fourth-order valence-corrected chi connectivity index (χ4v) is 2.20. The summed E-state index contributed by atoms with van der Waals surface area (Å²) in [6.45, 7) is 3.47. The highest BCUT2D eigenvalue weighted by atomic mass is 35.5. The number of carbonyl (C=O) groups excluding carboxylic acids is 1. The highest BCUT2D eigenvalue weighted by Crippen LogP contribution is 2.21. The number of carboxylic acid groups (broad SMARTS) is 1. The van der Waals surface area contributed by atoms with E-state index in [-0.39, 0.29) is 11.5 Å². The first-order valence-electron chi connectivity index (χ1n) is 6.30. The van der Waals surface area contributed by atoms with Crippen LogP contribution >= 0.6 is 11.6 Å². The van der Waals surface area contributed by atoms with Crippen molar-refractivity contribution in [2.24, 2.45) is 0 Å². The van der Waals surface area contributed by atoms with Crippen LogP contribution in [0.4, 0.5) is 5.69 Å². The predicted octanol–water partition coefficient (Wildman–Crippen LogP) is 3.91. The highest BCUT2D eigenvalue weighted by molar-refractivity contribution is 6.31. The largest absolute Gasteiger partial charge is 0.478 e. The van der Waals surface area contributed by atoms with Crippen molar-refractivity contribution in [1.82, 2.24) is 0 Å². The van der Waals surface area contributed by atoms with E-state index in [1.54, 1.807) is 37.3 Å². The van der Waals surface area contributed by atoms with Gasteiger partial charge in [0.25, 0.3) is 5.91 Å². The zero-order valence-electron chi connectivity index (χ0n) is 11.6. The van der Waals surface area contributed by atoms with Gasteiger partial charge in [0.15, 0.2) is 0 Å². The van der Waals surface area contributed by atoms with Crippen molar-refractivity contribution in [1.29, 1.82) is 0 Å². The molecule has 2 aromatic rings. The van der Waals surface area contributed by atoms with Crippen LogP contribution in [-0.2, 0) is 0 Å². The topological polar surface area (TPSA) is 66.4 Å². The number of carboxylic acids is 1. The van der Waals surface area contributed by atoms with E-state index in [1.807, 2.05) is 6.92 Å². The van der Waals surface area contributed by atoms with Crippen LogP contribution in [0.5, 0.6) is 0 Å². The minimum Gasteiger partial charge on any atom is -0.478 e. The Morgan fingerprint density at radius 3 is 2.48 bits per heavy atom. The number of aryl methyl sites for hydroxylation is 1. The number of hydrogen-bond donors (Lipinski definition) is 2. The van der Waals surface area contributed by atoms with Gasteiger partial charge in [-0.3, -0.25) is 4.79 Å². The van der Waals surface area contributed by atoms with Crippen LogP contribution in [-0.4, -0.2) is 17.0 Å². The second-order valence-corrected chi connectivity index (χ2v) is 5.13. The minimum atomic E-state index is -1.03. The molecule has 108 valence electrons. The Kier molecular flexibility index (Phi) is 4.29. The number of aromatic carboxylic acids is 1. The maximum atomic E-state index is 12.3. The standard InChI is InChI=1S/C16H14ClNO3/c1-9-6-7-11(17)8-13(9)15(19)18-14-5-3-4-12(10(14)2)16(20)21/h3-8H,1-2H3,(H,18,19)(H,20,21). The molecule has 0 saturated heterocycles. The SMILES string of the molecule is Cc1ccc(Cl)cc1C(=O)Nc1cccc(C(=O)O)c1C. The Hall–Kier alpha value is -2.33. The van der Waals surface area contributed by atoms with E-state index in [0.29, 0.717) is 21.8 Å². The molecule has 0 aromatic heterocycles. The zero-order valence-corrected chi connectivity index (χ0v) is 12.4. The molecular formula is C16H14ClNO3. The van der Waals surface area contributed by atoms with Gasteiger partial charge < -0.3 is 10.4 Å². The molecule has 2 aromatic carbocycles. The van der Waals surface area contributed by atoms with Crippen LogP contribution in [0.1, 0.15) is 31.8 Å².